The second kappa shape index (κ2) is 23.2. The van der Waals surface area contributed by atoms with E-state index in [0.717, 1.165) is 117 Å². The van der Waals surface area contributed by atoms with Gasteiger partial charge in [0, 0.05) is 51.8 Å². The summed E-state index contributed by atoms with van der Waals surface area (Å²) in [5.74, 6) is 3.17. The van der Waals surface area contributed by atoms with E-state index in [1.165, 1.54) is 0 Å². The van der Waals surface area contributed by atoms with Crippen LogP contribution in [0.5, 0.6) is 17.2 Å². The minimum atomic E-state index is -0.249. The molecule has 21 nitrogen and oxygen atoms in total. The van der Waals surface area contributed by atoms with Gasteiger partial charge < -0.3 is 63.3 Å². The zero-order chi connectivity index (χ0) is 63.0. The number of nitrogens with zero attached hydrogens (tertiary/aromatic N) is 6. The van der Waals surface area contributed by atoms with Crippen LogP contribution in [-0.2, 0) is 14.4 Å². The van der Waals surface area contributed by atoms with Gasteiger partial charge in [-0.15, -0.1) is 0 Å². The molecule has 12 N–H and O–H groups in total. The normalized spacial score (nSPS) is 18.7. The third kappa shape index (κ3) is 11.8. The maximum absolute atomic E-state index is 12.3. The van der Waals surface area contributed by atoms with Gasteiger partial charge >= 0.3 is 0 Å². The number of aryl methyl sites for hydroxylation is 3. The first kappa shape index (κ1) is 59.2. The lowest BCUT2D eigenvalue weighted by molar-refractivity contribution is -0.118. The standard InChI is InChI=1S/3C23H19N5O2.CH4/c3*1-11-3-20-21(30-12(2)27-20)8-16(11)13-4-14-7-22(26-10-18(14)19(25)6-13)28-23(29)17-5-15(17)9-24;/h3*3-4,6-8,10,15,17,27H,2,5,25H2,1H3,(H,26,28,29);1H4/t2*15-,17+;;/m10../s1. The van der Waals surface area contributed by atoms with Gasteiger partial charge in [0.05, 0.1) is 70.8 Å². The minimum Gasteiger partial charge on any atom is -0.439 e. The smallest absolute Gasteiger partial charge is 0.230 e. The first-order chi connectivity index (χ1) is 43.3. The fourth-order valence-corrected chi connectivity index (χ4v) is 11.5. The summed E-state index contributed by atoms with van der Waals surface area (Å²) in [4.78, 5) is 49.7. The molecule has 3 amide bonds. The van der Waals surface area contributed by atoms with Crippen LogP contribution in [0.4, 0.5) is 51.6 Å². The van der Waals surface area contributed by atoms with Gasteiger partial charge in [-0.1, -0.05) is 7.43 Å². The number of nitriles is 3. The highest BCUT2D eigenvalue weighted by Gasteiger charge is 2.45. The van der Waals surface area contributed by atoms with Crippen LogP contribution < -0.4 is 63.3 Å². The number of fused-ring (bicyclic) bond motifs is 6. The lowest BCUT2D eigenvalue weighted by Crippen LogP contribution is -2.15. The number of carbonyl (C=O) groups is 3. The molecule has 0 bridgehead atoms. The summed E-state index contributed by atoms with van der Waals surface area (Å²) in [5, 5.41) is 49.5. The number of rotatable bonds is 9. The van der Waals surface area contributed by atoms with E-state index in [1.54, 1.807) is 36.8 Å². The van der Waals surface area contributed by atoms with Crippen molar-refractivity contribution < 1.29 is 28.6 Å². The van der Waals surface area contributed by atoms with Gasteiger partial charge in [0.2, 0.25) is 17.7 Å². The summed E-state index contributed by atoms with van der Waals surface area (Å²) in [7, 11) is 0. The number of nitrogens with one attached hydrogen (secondary N) is 6. The monoisotopic (exact) mass is 1210 g/mol. The van der Waals surface area contributed by atoms with Crippen LogP contribution in [0.2, 0.25) is 0 Å². The number of benzene rings is 6. The largest absolute Gasteiger partial charge is 0.439 e. The molecular weight excluding hydrogens is 1150 g/mol. The van der Waals surface area contributed by atoms with Crippen LogP contribution in [0.3, 0.4) is 0 Å². The van der Waals surface area contributed by atoms with Gasteiger partial charge in [0.25, 0.3) is 0 Å². The Hall–Kier alpha value is -12.2. The average Bonchev–Trinajstić information content (AvgIpc) is 1.32. The Morgan fingerprint density at radius 3 is 0.989 bits per heavy atom. The molecule has 0 saturated heterocycles. The second-order valence-electron chi connectivity index (χ2n) is 23.2. The van der Waals surface area contributed by atoms with E-state index in [0.29, 0.717) is 71.4 Å². The zero-order valence-electron chi connectivity index (χ0n) is 49.0. The number of hydrogen-bond acceptors (Lipinski definition) is 18. The van der Waals surface area contributed by atoms with Crippen LogP contribution in [0.1, 0.15) is 43.4 Å². The van der Waals surface area contributed by atoms with E-state index in [-0.39, 0.29) is 60.7 Å². The molecular formula is C70H61N15O6. The Morgan fingerprint density at radius 1 is 0.462 bits per heavy atom. The molecule has 6 aliphatic rings. The summed E-state index contributed by atoms with van der Waals surface area (Å²) in [6, 6.07) is 35.5. The second-order valence-corrected chi connectivity index (χ2v) is 23.2. The quantitative estimate of drug-likeness (QED) is 0.0606. The third-order valence-electron chi connectivity index (χ3n) is 16.7. The van der Waals surface area contributed by atoms with E-state index in [4.69, 9.17) is 47.2 Å². The molecule has 6 heterocycles. The number of carbonyl (C=O) groups excluding carboxylic acids is 3. The molecule has 2 unspecified atom stereocenters. The SMILES string of the molecule is C.C=C1Nc2cc(C)c(-c3cc(N)c4cnc(NC(=O)C5CC5C#N)cc4c3)cc2O1.C=C1Nc2cc(C)c(-c3cc(N)c4cnc(NC(=O)[C@@H]5C[C@H]5C#N)cc4c3)cc2O1.C=C1Nc2cc(C)c(-c3cc(N)c4cnc(NC(=O)[C@H]5C[C@@H]5C#N)cc4c3)cc2O1. The molecule has 3 fully saturated rings. The first-order valence-corrected chi connectivity index (χ1v) is 28.8. The van der Waals surface area contributed by atoms with Crippen molar-refractivity contribution in [2.75, 3.05) is 49.1 Å². The molecule has 452 valence electrons. The van der Waals surface area contributed by atoms with E-state index >= 15 is 0 Å². The summed E-state index contributed by atoms with van der Waals surface area (Å²) in [6.07, 6.45) is 6.79. The Labute approximate surface area is 523 Å². The van der Waals surface area contributed by atoms with Crippen molar-refractivity contribution in [3.63, 3.8) is 0 Å². The predicted molar refractivity (Wildman–Crippen MR) is 353 cm³/mol. The van der Waals surface area contributed by atoms with Crippen molar-refractivity contribution in [1.29, 1.82) is 15.8 Å². The Kier molecular flexibility index (Phi) is 15.1. The van der Waals surface area contributed by atoms with Crippen molar-refractivity contribution in [1.82, 2.24) is 15.0 Å². The lowest BCUT2D eigenvalue weighted by atomic mass is 9.96. The van der Waals surface area contributed by atoms with Gasteiger partial charge in [-0.2, -0.15) is 15.8 Å². The molecule has 3 aliphatic heterocycles. The number of anilines is 9. The maximum atomic E-state index is 12.3. The fraction of sp³-hybridized carbons (Fsp3) is 0.186. The van der Waals surface area contributed by atoms with Gasteiger partial charge in [-0.05, 0) is 217 Å². The number of nitrogen functional groups attached to an aromatic ring is 3. The number of aromatic nitrogens is 3. The van der Waals surface area contributed by atoms with Crippen molar-refractivity contribution >= 4 is 102 Å². The molecule has 15 rings (SSSR count). The Balaban J connectivity index is 0.000000131. The molecule has 21 heteroatoms. The molecule has 0 radical (unpaired) electrons. The molecule has 6 aromatic carbocycles. The van der Waals surface area contributed by atoms with Crippen molar-refractivity contribution in [2.45, 2.75) is 47.5 Å². The highest BCUT2D eigenvalue weighted by Crippen LogP contribution is 2.46. The molecule has 3 saturated carbocycles. The number of ether oxygens (including phenoxy) is 3. The van der Waals surface area contributed by atoms with Gasteiger partial charge in [0.15, 0.2) is 34.9 Å². The summed E-state index contributed by atoms with van der Waals surface area (Å²) >= 11 is 0. The van der Waals surface area contributed by atoms with E-state index in [9.17, 15) is 14.4 Å². The van der Waals surface area contributed by atoms with Crippen molar-refractivity contribution in [3.8, 4) is 68.8 Å². The van der Waals surface area contributed by atoms with Crippen LogP contribution in [0.25, 0.3) is 65.7 Å². The number of nitrogens with two attached hydrogens (primary N) is 3. The molecule has 3 aromatic heterocycles. The molecule has 6 atom stereocenters. The zero-order valence-corrected chi connectivity index (χ0v) is 49.0. The highest BCUT2D eigenvalue weighted by molar-refractivity contribution is 6.04. The Morgan fingerprint density at radius 2 is 0.736 bits per heavy atom. The Bertz CT molecular complexity index is 4350. The molecule has 91 heavy (non-hydrogen) atoms. The van der Waals surface area contributed by atoms with Crippen LogP contribution in [0.15, 0.2) is 147 Å². The van der Waals surface area contributed by atoms with Crippen molar-refractivity contribution in [2.24, 2.45) is 35.5 Å². The van der Waals surface area contributed by atoms with E-state index in [1.807, 2.05) is 93.6 Å². The summed E-state index contributed by atoms with van der Waals surface area (Å²) in [5.41, 5.74) is 32.4. The van der Waals surface area contributed by atoms with E-state index < -0.39 is 0 Å². The minimum absolute atomic E-state index is 0. The average molecular weight is 1210 g/mol. The number of amides is 3. The number of pyridine rings is 3. The molecule has 3 aliphatic carbocycles. The topological polar surface area (TPSA) is 339 Å². The lowest BCUT2D eigenvalue weighted by Gasteiger charge is -2.12. The highest BCUT2D eigenvalue weighted by atomic mass is 16.5. The van der Waals surface area contributed by atoms with Crippen molar-refractivity contribution in [3.05, 3.63) is 164 Å². The molecule has 0 spiro atoms. The van der Waals surface area contributed by atoms with Crippen LogP contribution in [-0.4, -0.2) is 32.7 Å². The van der Waals surface area contributed by atoms with Gasteiger partial charge in [0.1, 0.15) is 17.5 Å². The van der Waals surface area contributed by atoms with E-state index in [2.05, 4.69) is 84.8 Å². The summed E-state index contributed by atoms with van der Waals surface area (Å²) in [6.45, 7) is 17.5. The van der Waals surface area contributed by atoms with Gasteiger partial charge in [-0.25, -0.2) is 15.0 Å². The fourth-order valence-electron chi connectivity index (χ4n) is 11.5. The van der Waals surface area contributed by atoms with Gasteiger partial charge in [-0.3, -0.25) is 14.4 Å². The predicted octanol–water partition coefficient (Wildman–Crippen LogP) is 13.1. The molecule has 9 aromatic rings. The van der Waals surface area contributed by atoms with Crippen LogP contribution in [0, 0.1) is 90.3 Å². The summed E-state index contributed by atoms with van der Waals surface area (Å²) < 4.78 is 16.9. The number of hydrogen-bond donors (Lipinski definition) is 9. The van der Waals surface area contributed by atoms with Crippen LogP contribution >= 0.6 is 0 Å². The first-order valence-electron chi connectivity index (χ1n) is 28.8. The third-order valence-corrected chi connectivity index (χ3v) is 16.7. The maximum Gasteiger partial charge on any atom is 0.230 e.